The lowest BCUT2D eigenvalue weighted by molar-refractivity contribution is 0.391. The van der Waals surface area contributed by atoms with Gasteiger partial charge in [0.25, 0.3) is 0 Å². The number of methoxy groups -OCH3 is 2. The van der Waals surface area contributed by atoms with E-state index in [1.807, 2.05) is 13.1 Å². The molecule has 1 aliphatic heterocycles. The molecule has 1 fully saturated rings. The van der Waals surface area contributed by atoms with Crippen molar-refractivity contribution in [1.82, 2.24) is 5.32 Å². The van der Waals surface area contributed by atoms with E-state index in [1.54, 1.807) is 14.2 Å². The van der Waals surface area contributed by atoms with Crippen LogP contribution in [0.4, 0.5) is 0 Å². The molecule has 3 nitrogen and oxygen atoms in total. The third kappa shape index (κ3) is 2.93. The third-order valence-electron chi connectivity index (χ3n) is 3.38. The van der Waals surface area contributed by atoms with Crippen molar-refractivity contribution >= 4 is 11.8 Å². The molecule has 0 saturated carbocycles. The van der Waals surface area contributed by atoms with Gasteiger partial charge < -0.3 is 14.8 Å². The van der Waals surface area contributed by atoms with Crippen LogP contribution in [0.1, 0.15) is 24.4 Å². The standard InChI is InChI=1S/C14H21NO2S/c1-15-14(13-5-4-6-18-13)10-7-11(16-2)9-12(8-10)17-3/h7-9,13-15H,4-6H2,1-3H3. The average molecular weight is 267 g/mol. The SMILES string of the molecule is CNC(c1cc(OC)cc(OC)c1)C1CCCS1. The molecule has 0 aromatic heterocycles. The van der Waals surface area contributed by atoms with Crippen molar-refractivity contribution in [3.05, 3.63) is 23.8 Å². The molecule has 1 aromatic rings. The zero-order valence-electron chi connectivity index (χ0n) is 11.2. The largest absolute Gasteiger partial charge is 0.497 e. The van der Waals surface area contributed by atoms with Crippen molar-refractivity contribution in [3.63, 3.8) is 0 Å². The van der Waals surface area contributed by atoms with Gasteiger partial charge in [0.15, 0.2) is 0 Å². The summed E-state index contributed by atoms with van der Waals surface area (Å²) in [6.07, 6.45) is 2.59. The van der Waals surface area contributed by atoms with Gasteiger partial charge >= 0.3 is 0 Å². The molecule has 100 valence electrons. The van der Waals surface area contributed by atoms with Gasteiger partial charge in [0.2, 0.25) is 0 Å². The normalized spacial score (nSPS) is 20.7. The van der Waals surface area contributed by atoms with Gasteiger partial charge in [-0.1, -0.05) is 0 Å². The lowest BCUT2D eigenvalue weighted by atomic mass is 10.0. The van der Waals surface area contributed by atoms with E-state index < -0.39 is 0 Å². The van der Waals surface area contributed by atoms with Crippen LogP contribution in [0.15, 0.2) is 18.2 Å². The van der Waals surface area contributed by atoms with Crippen LogP contribution < -0.4 is 14.8 Å². The van der Waals surface area contributed by atoms with Crippen molar-refractivity contribution in [2.45, 2.75) is 24.1 Å². The van der Waals surface area contributed by atoms with E-state index in [2.05, 4.69) is 29.2 Å². The van der Waals surface area contributed by atoms with E-state index >= 15 is 0 Å². The number of hydrogen-bond acceptors (Lipinski definition) is 4. The van der Waals surface area contributed by atoms with Gasteiger partial charge in [-0.15, -0.1) is 0 Å². The molecular weight excluding hydrogens is 246 g/mol. The molecule has 1 N–H and O–H groups in total. The van der Waals surface area contributed by atoms with E-state index in [9.17, 15) is 0 Å². The van der Waals surface area contributed by atoms with Crippen LogP contribution in [0.5, 0.6) is 11.5 Å². The van der Waals surface area contributed by atoms with Gasteiger partial charge in [0.1, 0.15) is 11.5 Å². The second kappa shape index (κ2) is 6.34. The molecule has 0 aliphatic carbocycles. The highest BCUT2D eigenvalue weighted by Crippen LogP contribution is 2.37. The van der Waals surface area contributed by atoms with Crippen molar-refractivity contribution in [2.24, 2.45) is 0 Å². The Hall–Kier alpha value is -0.870. The molecule has 18 heavy (non-hydrogen) atoms. The summed E-state index contributed by atoms with van der Waals surface area (Å²) in [4.78, 5) is 0. The van der Waals surface area contributed by atoms with Crippen LogP contribution >= 0.6 is 11.8 Å². The smallest absolute Gasteiger partial charge is 0.122 e. The van der Waals surface area contributed by atoms with E-state index in [0.29, 0.717) is 11.3 Å². The summed E-state index contributed by atoms with van der Waals surface area (Å²) in [7, 11) is 5.41. The highest BCUT2D eigenvalue weighted by atomic mass is 32.2. The lowest BCUT2D eigenvalue weighted by Gasteiger charge is -2.23. The first-order valence-corrected chi connectivity index (χ1v) is 7.35. The Bertz CT molecular complexity index is 369. The summed E-state index contributed by atoms with van der Waals surface area (Å²) in [5.74, 6) is 2.98. The second-order valence-electron chi connectivity index (χ2n) is 4.46. The Labute approximate surface area is 113 Å². The minimum absolute atomic E-state index is 0.362. The fraction of sp³-hybridized carbons (Fsp3) is 0.571. The van der Waals surface area contributed by atoms with Gasteiger partial charge in [-0.3, -0.25) is 0 Å². The van der Waals surface area contributed by atoms with Crippen molar-refractivity contribution in [2.75, 3.05) is 27.0 Å². The molecule has 2 unspecified atom stereocenters. The van der Waals surface area contributed by atoms with Crippen molar-refractivity contribution < 1.29 is 9.47 Å². The van der Waals surface area contributed by atoms with Gasteiger partial charge in [-0.25, -0.2) is 0 Å². The molecule has 4 heteroatoms. The summed E-state index contributed by atoms with van der Waals surface area (Å²) >= 11 is 2.05. The van der Waals surface area contributed by atoms with Crippen molar-refractivity contribution in [3.8, 4) is 11.5 Å². The number of hydrogen-bond donors (Lipinski definition) is 1. The molecule has 2 atom stereocenters. The zero-order valence-corrected chi connectivity index (χ0v) is 12.0. The zero-order chi connectivity index (χ0) is 13.0. The molecule has 1 saturated heterocycles. The van der Waals surface area contributed by atoms with Gasteiger partial charge in [0.05, 0.1) is 14.2 Å². The Morgan fingerprint density at radius 3 is 2.33 bits per heavy atom. The van der Waals surface area contributed by atoms with E-state index in [0.717, 1.165) is 11.5 Å². The van der Waals surface area contributed by atoms with Crippen molar-refractivity contribution in [1.29, 1.82) is 0 Å². The molecular formula is C14H21NO2S. The van der Waals surface area contributed by atoms with Gasteiger partial charge in [-0.2, -0.15) is 11.8 Å². The van der Waals surface area contributed by atoms with Crippen LogP contribution in [0.3, 0.4) is 0 Å². The maximum absolute atomic E-state index is 5.34. The van der Waals surface area contributed by atoms with Crippen LogP contribution in [-0.2, 0) is 0 Å². The minimum Gasteiger partial charge on any atom is -0.497 e. The lowest BCUT2D eigenvalue weighted by Crippen LogP contribution is -2.25. The monoisotopic (exact) mass is 267 g/mol. The predicted octanol–water partition coefficient (Wildman–Crippen LogP) is 2.86. The highest BCUT2D eigenvalue weighted by Gasteiger charge is 2.26. The summed E-state index contributed by atoms with van der Waals surface area (Å²) in [5.41, 5.74) is 1.24. The average Bonchev–Trinajstić information content (AvgIpc) is 2.93. The Morgan fingerprint density at radius 2 is 1.89 bits per heavy atom. The Balaban J connectivity index is 2.28. The first-order chi connectivity index (χ1) is 8.78. The van der Waals surface area contributed by atoms with E-state index in [1.165, 1.54) is 24.2 Å². The third-order valence-corrected chi connectivity index (χ3v) is 4.84. The molecule has 0 bridgehead atoms. The minimum atomic E-state index is 0.362. The molecule has 1 aromatic carbocycles. The quantitative estimate of drug-likeness (QED) is 0.888. The first-order valence-electron chi connectivity index (χ1n) is 6.30. The number of nitrogens with one attached hydrogen (secondary N) is 1. The summed E-state index contributed by atoms with van der Waals surface area (Å²) in [6.45, 7) is 0. The first kappa shape index (κ1) is 13.6. The Kier molecular flexibility index (Phi) is 4.78. The van der Waals surface area contributed by atoms with E-state index in [4.69, 9.17) is 9.47 Å². The highest BCUT2D eigenvalue weighted by molar-refractivity contribution is 8.00. The van der Waals surface area contributed by atoms with Crippen LogP contribution in [0.25, 0.3) is 0 Å². The summed E-state index contributed by atoms with van der Waals surface area (Å²) < 4.78 is 10.7. The molecule has 0 amide bonds. The number of ether oxygens (including phenoxy) is 2. The van der Waals surface area contributed by atoms with Gasteiger partial charge in [-0.05, 0) is 43.3 Å². The molecule has 0 spiro atoms. The number of benzene rings is 1. The fourth-order valence-electron chi connectivity index (χ4n) is 2.44. The number of rotatable bonds is 5. The molecule has 1 aliphatic rings. The fourth-order valence-corrected chi connectivity index (χ4v) is 3.90. The summed E-state index contributed by atoms with van der Waals surface area (Å²) in [6, 6.07) is 6.48. The van der Waals surface area contributed by atoms with E-state index in [-0.39, 0.29) is 0 Å². The summed E-state index contributed by atoms with van der Waals surface area (Å²) in [5, 5.41) is 4.08. The molecule has 2 rings (SSSR count). The Morgan fingerprint density at radius 1 is 1.22 bits per heavy atom. The maximum Gasteiger partial charge on any atom is 0.122 e. The maximum atomic E-state index is 5.34. The second-order valence-corrected chi connectivity index (χ2v) is 5.81. The predicted molar refractivity (Wildman–Crippen MR) is 76.8 cm³/mol. The molecule has 1 heterocycles. The molecule has 0 radical (unpaired) electrons. The number of thioether (sulfide) groups is 1. The topological polar surface area (TPSA) is 30.5 Å². The van der Waals surface area contributed by atoms with Gasteiger partial charge in [0, 0.05) is 17.4 Å². The van der Waals surface area contributed by atoms with Crippen LogP contribution in [-0.4, -0.2) is 32.3 Å². The van der Waals surface area contributed by atoms with Crippen LogP contribution in [0.2, 0.25) is 0 Å². The van der Waals surface area contributed by atoms with Crippen LogP contribution in [0, 0.1) is 0 Å².